The Balaban J connectivity index is 1.47. The van der Waals surface area contributed by atoms with Crippen LogP contribution in [0.4, 0.5) is 0 Å². The SMILES string of the molecule is C=CC(=O)N1CC(C(C)NC(=O)C2CC(c3cnn(C)c3)=NO2)C1. The standard InChI is InChI=1S/C16H21N5O3/c1-4-15(22)21-8-12(9-21)10(2)18-16(23)14-5-13(19-24-14)11-6-17-20(3)7-11/h4,6-7,10,12,14H,1,5,8-9H2,2-3H3,(H,18,23). The van der Waals surface area contributed by atoms with Gasteiger partial charge in [0.2, 0.25) is 12.0 Å². The van der Waals surface area contributed by atoms with Gasteiger partial charge in [-0.25, -0.2) is 0 Å². The van der Waals surface area contributed by atoms with Crippen molar-refractivity contribution in [1.29, 1.82) is 0 Å². The topological polar surface area (TPSA) is 88.8 Å². The van der Waals surface area contributed by atoms with E-state index < -0.39 is 6.10 Å². The molecule has 2 unspecified atom stereocenters. The highest BCUT2D eigenvalue weighted by Gasteiger charge is 2.36. The van der Waals surface area contributed by atoms with E-state index in [0.29, 0.717) is 19.5 Å². The molecule has 0 spiro atoms. The van der Waals surface area contributed by atoms with Crippen molar-refractivity contribution in [3.05, 3.63) is 30.6 Å². The fourth-order valence-electron chi connectivity index (χ4n) is 2.83. The predicted molar refractivity (Wildman–Crippen MR) is 87.1 cm³/mol. The highest BCUT2D eigenvalue weighted by atomic mass is 16.6. The average molecular weight is 331 g/mol. The highest BCUT2D eigenvalue weighted by Crippen LogP contribution is 2.21. The van der Waals surface area contributed by atoms with Crippen molar-refractivity contribution in [2.75, 3.05) is 13.1 Å². The zero-order valence-electron chi connectivity index (χ0n) is 13.8. The summed E-state index contributed by atoms with van der Waals surface area (Å²) in [4.78, 5) is 30.7. The van der Waals surface area contributed by atoms with E-state index in [-0.39, 0.29) is 23.8 Å². The van der Waals surface area contributed by atoms with Crippen LogP contribution >= 0.6 is 0 Å². The normalized spacial score (nSPS) is 21.5. The molecule has 24 heavy (non-hydrogen) atoms. The van der Waals surface area contributed by atoms with Crippen LogP contribution in [-0.2, 0) is 21.5 Å². The zero-order valence-corrected chi connectivity index (χ0v) is 13.8. The molecule has 2 aliphatic heterocycles. The number of carbonyl (C=O) groups is 2. The third-order valence-corrected chi connectivity index (χ3v) is 4.47. The van der Waals surface area contributed by atoms with Crippen molar-refractivity contribution in [3.63, 3.8) is 0 Å². The molecule has 0 bridgehead atoms. The minimum Gasteiger partial charge on any atom is -0.382 e. The van der Waals surface area contributed by atoms with Gasteiger partial charge in [-0.3, -0.25) is 14.3 Å². The molecule has 1 N–H and O–H groups in total. The Morgan fingerprint density at radius 2 is 2.25 bits per heavy atom. The summed E-state index contributed by atoms with van der Waals surface area (Å²) < 4.78 is 1.68. The predicted octanol–water partition coefficient (Wildman–Crippen LogP) is 0.0622. The number of nitrogens with one attached hydrogen (secondary N) is 1. The van der Waals surface area contributed by atoms with Gasteiger partial charge in [-0.15, -0.1) is 0 Å². The summed E-state index contributed by atoms with van der Waals surface area (Å²) in [6, 6.07) is -0.0302. The van der Waals surface area contributed by atoms with Crippen molar-refractivity contribution in [2.45, 2.75) is 25.5 Å². The highest BCUT2D eigenvalue weighted by molar-refractivity contribution is 6.03. The first-order chi connectivity index (χ1) is 11.5. The Hall–Kier alpha value is -2.64. The second kappa shape index (κ2) is 6.46. The van der Waals surface area contributed by atoms with Gasteiger partial charge in [0, 0.05) is 50.3 Å². The van der Waals surface area contributed by atoms with Crippen molar-refractivity contribution >= 4 is 17.5 Å². The first kappa shape index (κ1) is 16.2. The van der Waals surface area contributed by atoms with E-state index in [2.05, 4.69) is 22.2 Å². The maximum Gasteiger partial charge on any atom is 0.264 e. The van der Waals surface area contributed by atoms with Crippen LogP contribution in [0.3, 0.4) is 0 Å². The van der Waals surface area contributed by atoms with E-state index in [9.17, 15) is 9.59 Å². The van der Waals surface area contributed by atoms with E-state index in [0.717, 1.165) is 11.3 Å². The lowest BCUT2D eigenvalue weighted by Crippen LogP contribution is -2.58. The molecule has 128 valence electrons. The number of nitrogens with zero attached hydrogens (tertiary/aromatic N) is 4. The Morgan fingerprint density at radius 3 is 2.88 bits per heavy atom. The Morgan fingerprint density at radius 1 is 1.50 bits per heavy atom. The molecule has 3 heterocycles. The lowest BCUT2D eigenvalue weighted by molar-refractivity contribution is -0.135. The van der Waals surface area contributed by atoms with Crippen LogP contribution in [-0.4, -0.2) is 57.4 Å². The summed E-state index contributed by atoms with van der Waals surface area (Å²) in [5, 5.41) is 11.0. The second-order valence-electron chi connectivity index (χ2n) is 6.24. The number of aryl methyl sites for hydroxylation is 1. The Bertz CT molecular complexity index is 690. The van der Waals surface area contributed by atoms with Gasteiger partial charge in [0.25, 0.3) is 5.91 Å². The van der Waals surface area contributed by atoms with Crippen molar-refractivity contribution in [1.82, 2.24) is 20.0 Å². The van der Waals surface area contributed by atoms with Crippen LogP contribution in [0.5, 0.6) is 0 Å². The Kier molecular flexibility index (Phi) is 4.37. The average Bonchev–Trinajstić information content (AvgIpc) is 3.13. The minimum absolute atomic E-state index is 0.0302. The molecule has 0 aromatic carbocycles. The third kappa shape index (κ3) is 3.17. The molecule has 0 saturated carbocycles. The number of rotatable bonds is 5. The number of amides is 2. The van der Waals surface area contributed by atoms with Gasteiger partial charge >= 0.3 is 0 Å². The minimum atomic E-state index is -0.617. The summed E-state index contributed by atoms with van der Waals surface area (Å²) in [7, 11) is 1.82. The summed E-state index contributed by atoms with van der Waals surface area (Å²) in [5.74, 6) is -0.00461. The van der Waals surface area contributed by atoms with E-state index in [1.54, 1.807) is 15.8 Å². The van der Waals surface area contributed by atoms with Gasteiger partial charge in [-0.2, -0.15) is 5.10 Å². The molecular weight excluding hydrogens is 310 g/mol. The lowest BCUT2D eigenvalue weighted by Gasteiger charge is -2.42. The van der Waals surface area contributed by atoms with E-state index in [1.807, 2.05) is 20.2 Å². The molecule has 8 heteroatoms. The smallest absolute Gasteiger partial charge is 0.264 e. The number of oxime groups is 1. The quantitative estimate of drug-likeness (QED) is 0.773. The summed E-state index contributed by atoms with van der Waals surface area (Å²) in [6.45, 7) is 6.68. The van der Waals surface area contributed by atoms with Crippen molar-refractivity contribution < 1.29 is 14.4 Å². The fourth-order valence-corrected chi connectivity index (χ4v) is 2.83. The number of aromatic nitrogens is 2. The van der Waals surface area contributed by atoms with Crippen LogP contribution in [0.15, 0.2) is 30.2 Å². The summed E-state index contributed by atoms with van der Waals surface area (Å²) in [5.41, 5.74) is 1.58. The van der Waals surface area contributed by atoms with Crippen molar-refractivity contribution in [2.24, 2.45) is 18.1 Å². The maximum atomic E-state index is 12.3. The lowest BCUT2D eigenvalue weighted by atomic mass is 9.92. The molecule has 2 amide bonds. The van der Waals surface area contributed by atoms with Gasteiger partial charge in [0.05, 0.1) is 11.9 Å². The van der Waals surface area contributed by atoms with Crippen LogP contribution < -0.4 is 5.32 Å². The van der Waals surface area contributed by atoms with Gasteiger partial charge in [-0.05, 0) is 13.0 Å². The Labute approximate surface area is 140 Å². The number of hydrogen-bond acceptors (Lipinski definition) is 5. The number of likely N-dealkylation sites (tertiary alicyclic amines) is 1. The number of hydrogen-bond donors (Lipinski definition) is 1. The largest absolute Gasteiger partial charge is 0.382 e. The fraction of sp³-hybridized carbons (Fsp3) is 0.500. The van der Waals surface area contributed by atoms with Crippen LogP contribution in [0, 0.1) is 5.92 Å². The molecule has 2 aliphatic rings. The van der Waals surface area contributed by atoms with Gasteiger partial charge in [0.1, 0.15) is 0 Å². The molecule has 2 atom stereocenters. The molecule has 1 saturated heterocycles. The molecule has 0 radical (unpaired) electrons. The van der Waals surface area contributed by atoms with Crippen LogP contribution in [0.2, 0.25) is 0 Å². The van der Waals surface area contributed by atoms with Gasteiger partial charge < -0.3 is 15.1 Å². The van der Waals surface area contributed by atoms with Gasteiger partial charge in [-0.1, -0.05) is 11.7 Å². The number of carbonyl (C=O) groups excluding carboxylic acids is 2. The molecule has 0 aliphatic carbocycles. The molecule has 1 aromatic rings. The summed E-state index contributed by atoms with van der Waals surface area (Å²) >= 11 is 0. The van der Waals surface area contributed by atoms with Crippen LogP contribution in [0.25, 0.3) is 0 Å². The molecule has 1 fully saturated rings. The summed E-state index contributed by atoms with van der Waals surface area (Å²) in [6.07, 6.45) is 4.66. The van der Waals surface area contributed by atoms with E-state index in [1.165, 1.54) is 6.08 Å². The van der Waals surface area contributed by atoms with Crippen LogP contribution in [0.1, 0.15) is 18.9 Å². The maximum absolute atomic E-state index is 12.3. The third-order valence-electron chi connectivity index (χ3n) is 4.47. The molecular formula is C16H21N5O3. The van der Waals surface area contributed by atoms with E-state index >= 15 is 0 Å². The van der Waals surface area contributed by atoms with E-state index in [4.69, 9.17) is 4.84 Å². The monoisotopic (exact) mass is 331 g/mol. The molecule has 8 nitrogen and oxygen atoms in total. The first-order valence-corrected chi connectivity index (χ1v) is 7.91. The van der Waals surface area contributed by atoms with Crippen molar-refractivity contribution in [3.8, 4) is 0 Å². The molecule has 1 aromatic heterocycles. The van der Waals surface area contributed by atoms with Gasteiger partial charge in [0.15, 0.2) is 0 Å². The first-order valence-electron chi connectivity index (χ1n) is 7.91. The molecule has 3 rings (SSSR count). The second-order valence-corrected chi connectivity index (χ2v) is 6.24. The zero-order chi connectivity index (χ0) is 17.3.